The van der Waals surface area contributed by atoms with Crippen molar-refractivity contribution in [2.75, 3.05) is 32.2 Å². The van der Waals surface area contributed by atoms with Gasteiger partial charge in [0.25, 0.3) is 11.8 Å². The number of rotatable bonds is 4. The van der Waals surface area contributed by atoms with E-state index in [0.717, 1.165) is 55.9 Å². The van der Waals surface area contributed by atoms with Crippen LogP contribution in [0.4, 0.5) is 5.69 Å². The van der Waals surface area contributed by atoms with Crippen LogP contribution >= 0.6 is 0 Å². The van der Waals surface area contributed by atoms with Crippen molar-refractivity contribution in [3.63, 3.8) is 0 Å². The molecule has 3 aromatic rings. The minimum absolute atomic E-state index is 0.253. The van der Waals surface area contributed by atoms with Gasteiger partial charge in [0.1, 0.15) is 11.4 Å². The van der Waals surface area contributed by atoms with E-state index in [-0.39, 0.29) is 11.6 Å². The van der Waals surface area contributed by atoms with Gasteiger partial charge in [0.05, 0.1) is 25.1 Å². The molecule has 2 aromatic heterocycles. The SMILES string of the molecule is COc1nc(C(=O)Nc2cccc3c2OCCC3)cn2cc(C3CCOCC3)nc12. The Morgan fingerprint density at radius 2 is 2.07 bits per heavy atom. The van der Waals surface area contributed by atoms with Gasteiger partial charge in [-0.1, -0.05) is 12.1 Å². The van der Waals surface area contributed by atoms with Crippen LogP contribution in [0.1, 0.15) is 46.9 Å². The molecule has 1 amide bonds. The summed E-state index contributed by atoms with van der Waals surface area (Å²) in [6.45, 7) is 2.14. The van der Waals surface area contributed by atoms with Gasteiger partial charge in [-0.2, -0.15) is 0 Å². The maximum absolute atomic E-state index is 13.0. The van der Waals surface area contributed by atoms with Crippen molar-refractivity contribution in [3.05, 3.63) is 47.5 Å². The molecule has 8 heteroatoms. The smallest absolute Gasteiger partial charge is 0.276 e. The quantitative estimate of drug-likeness (QED) is 0.713. The zero-order valence-corrected chi connectivity index (χ0v) is 16.9. The van der Waals surface area contributed by atoms with Crippen molar-refractivity contribution in [2.24, 2.45) is 0 Å². The fourth-order valence-electron chi connectivity index (χ4n) is 4.10. The summed E-state index contributed by atoms with van der Waals surface area (Å²) in [5, 5.41) is 2.94. The Kier molecular flexibility index (Phi) is 5.00. The van der Waals surface area contributed by atoms with Gasteiger partial charge in [0.2, 0.25) is 5.65 Å². The molecule has 0 bridgehead atoms. The Hall–Kier alpha value is -3.13. The van der Waals surface area contributed by atoms with Crippen LogP contribution in [-0.2, 0) is 11.2 Å². The molecule has 1 aromatic carbocycles. The van der Waals surface area contributed by atoms with Gasteiger partial charge in [0, 0.05) is 31.5 Å². The van der Waals surface area contributed by atoms with Crippen molar-refractivity contribution >= 4 is 17.2 Å². The number of anilines is 1. The molecule has 156 valence electrons. The maximum atomic E-state index is 13.0. The predicted molar refractivity (Wildman–Crippen MR) is 111 cm³/mol. The zero-order valence-electron chi connectivity index (χ0n) is 16.9. The molecule has 1 N–H and O–H groups in total. The fraction of sp³-hybridized carbons (Fsp3) is 0.409. The van der Waals surface area contributed by atoms with E-state index in [4.69, 9.17) is 19.2 Å². The first-order chi connectivity index (χ1) is 14.7. The molecule has 0 atom stereocenters. The number of nitrogens with one attached hydrogen (secondary N) is 1. The lowest BCUT2D eigenvalue weighted by molar-refractivity contribution is 0.0846. The molecule has 2 aliphatic rings. The van der Waals surface area contributed by atoms with Crippen LogP contribution in [0.25, 0.3) is 5.65 Å². The van der Waals surface area contributed by atoms with Crippen molar-refractivity contribution in [2.45, 2.75) is 31.6 Å². The van der Waals surface area contributed by atoms with Crippen LogP contribution < -0.4 is 14.8 Å². The summed E-state index contributed by atoms with van der Waals surface area (Å²) in [6, 6.07) is 5.80. The van der Waals surface area contributed by atoms with Gasteiger partial charge in [-0.15, -0.1) is 0 Å². The van der Waals surface area contributed by atoms with Crippen LogP contribution in [-0.4, -0.2) is 47.2 Å². The van der Waals surface area contributed by atoms with Crippen molar-refractivity contribution < 1.29 is 19.0 Å². The molecule has 0 aliphatic carbocycles. The first-order valence-corrected chi connectivity index (χ1v) is 10.3. The molecule has 0 unspecified atom stereocenters. The van der Waals surface area contributed by atoms with E-state index in [2.05, 4.69) is 10.3 Å². The van der Waals surface area contributed by atoms with Crippen LogP contribution in [0.5, 0.6) is 11.6 Å². The lowest BCUT2D eigenvalue weighted by atomic mass is 9.97. The summed E-state index contributed by atoms with van der Waals surface area (Å²) >= 11 is 0. The number of carbonyl (C=O) groups excluding carboxylic acids is 1. The summed E-state index contributed by atoms with van der Waals surface area (Å²) in [7, 11) is 1.54. The standard InChI is InChI=1S/C22H24N4O4/c1-28-22-20-23-17(14-7-10-29-11-8-14)12-26(20)13-18(25-22)21(27)24-16-6-2-4-15-5-3-9-30-19(15)16/h2,4,6,12-14H,3,5,7-11H2,1H3,(H,24,27). The molecule has 1 saturated heterocycles. The number of aromatic nitrogens is 3. The Balaban J connectivity index is 1.46. The van der Waals surface area contributed by atoms with Crippen LogP contribution in [0.2, 0.25) is 0 Å². The first-order valence-electron chi connectivity index (χ1n) is 10.3. The zero-order chi connectivity index (χ0) is 20.5. The molecule has 4 heterocycles. The molecule has 2 aliphatic heterocycles. The van der Waals surface area contributed by atoms with Gasteiger partial charge >= 0.3 is 0 Å². The van der Waals surface area contributed by atoms with Crippen LogP contribution in [0.3, 0.4) is 0 Å². The van der Waals surface area contributed by atoms with E-state index in [0.29, 0.717) is 29.7 Å². The Bertz CT molecular complexity index is 1090. The summed E-state index contributed by atoms with van der Waals surface area (Å²) in [4.78, 5) is 22.1. The van der Waals surface area contributed by atoms with E-state index in [9.17, 15) is 4.79 Å². The topological polar surface area (TPSA) is 87.0 Å². The first kappa shape index (κ1) is 18.9. The third-order valence-corrected chi connectivity index (χ3v) is 5.67. The van der Waals surface area contributed by atoms with Gasteiger partial charge in [-0.25, -0.2) is 9.97 Å². The van der Waals surface area contributed by atoms with E-state index in [1.165, 1.54) is 7.11 Å². The molecular formula is C22H24N4O4. The lowest BCUT2D eigenvalue weighted by Gasteiger charge is -2.20. The Labute approximate surface area is 174 Å². The molecule has 8 nitrogen and oxygen atoms in total. The summed E-state index contributed by atoms with van der Waals surface area (Å²) in [5.74, 6) is 1.09. The van der Waals surface area contributed by atoms with Crippen molar-refractivity contribution in [1.29, 1.82) is 0 Å². The third-order valence-electron chi connectivity index (χ3n) is 5.67. The summed E-state index contributed by atoms with van der Waals surface area (Å²) in [6.07, 6.45) is 7.45. The average Bonchev–Trinajstić information content (AvgIpc) is 3.23. The minimum atomic E-state index is -0.320. The second kappa shape index (κ2) is 7.95. The number of fused-ring (bicyclic) bond motifs is 2. The number of para-hydroxylation sites is 1. The molecular weight excluding hydrogens is 384 g/mol. The second-order valence-corrected chi connectivity index (χ2v) is 7.62. The second-order valence-electron chi connectivity index (χ2n) is 7.62. The molecule has 30 heavy (non-hydrogen) atoms. The highest BCUT2D eigenvalue weighted by molar-refractivity contribution is 6.04. The molecule has 0 spiro atoms. The fourth-order valence-corrected chi connectivity index (χ4v) is 4.10. The maximum Gasteiger partial charge on any atom is 0.276 e. The predicted octanol–water partition coefficient (Wildman–Crippen LogP) is 3.21. The monoisotopic (exact) mass is 408 g/mol. The molecule has 0 saturated carbocycles. The highest BCUT2D eigenvalue weighted by Crippen LogP contribution is 2.33. The highest BCUT2D eigenvalue weighted by Gasteiger charge is 2.22. The molecule has 1 fully saturated rings. The number of methoxy groups -OCH3 is 1. The highest BCUT2D eigenvalue weighted by atomic mass is 16.5. The van der Waals surface area contributed by atoms with Crippen LogP contribution in [0.15, 0.2) is 30.6 Å². The number of hydrogen-bond donors (Lipinski definition) is 1. The van der Waals surface area contributed by atoms with Crippen LogP contribution in [0, 0.1) is 0 Å². The number of carbonyl (C=O) groups is 1. The van der Waals surface area contributed by atoms with E-state index >= 15 is 0 Å². The van der Waals surface area contributed by atoms with E-state index in [1.54, 1.807) is 6.20 Å². The molecule has 5 rings (SSSR count). The van der Waals surface area contributed by atoms with Gasteiger partial charge in [0.15, 0.2) is 0 Å². The minimum Gasteiger partial charge on any atom is -0.491 e. The number of hydrogen-bond acceptors (Lipinski definition) is 6. The Morgan fingerprint density at radius 1 is 1.20 bits per heavy atom. The number of imidazole rings is 1. The summed E-state index contributed by atoms with van der Waals surface area (Å²) < 4.78 is 18.5. The summed E-state index contributed by atoms with van der Waals surface area (Å²) in [5.41, 5.74) is 3.60. The number of benzene rings is 1. The van der Waals surface area contributed by atoms with Crippen molar-refractivity contribution in [1.82, 2.24) is 14.4 Å². The van der Waals surface area contributed by atoms with E-state index < -0.39 is 0 Å². The van der Waals surface area contributed by atoms with E-state index in [1.807, 2.05) is 28.8 Å². The van der Waals surface area contributed by atoms with Gasteiger partial charge in [-0.05, 0) is 37.3 Å². The largest absolute Gasteiger partial charge is 0.491 e. The lowest BCUT2D eigenvalue weighted by Crippen LogP contribution is -2.17. The number of ether oxygens (including phenoxy) is 3. The third kappa shape index (κ3) is 3.47. The number of amides is 1. The number of aryl methyl sites for hydroxylation is 1. The number of nitrogens with zero attached hydrogens (tertiary/aromatic N) is 3. The molecule has 0 radical (unpaired) electrons. The Morgan fingerprint density at radius 3 is 2.90 bits per heavy atom. The normalized spacial score (nSPS) is 16.7. The average molecular weight is 408 g/mol. The van der Waals surface area contributed by atoms with Crippen molar-refractivity contribution in [3.8, 4) is 11.6 Å². The van der Waals surface area contributed by atoms with Gasteiger partial charge in [-0.3, -0.25) is 9.20 Å². The van der Waals surface area contributed by atoms with Gasteiger partial charge < -0.3 is 19.5 Å².